The topological polar surface area (TPSA) is 51.7 Å². The summed E-state index contributed by atoms with van der Waals surface area (Å²) in [5.41, 5.74) is -0.490. The Morgan fingerprint density at radius 3 is 2.91 bits per heavy atom. The molecule has 2 rings (SSSR count). The highest BCUT2D eigenvalue weighted by molar-refractivity contribution is 9.10. The van der Waals surface area contributed by atoms with Crippen molar-refractivity contribution in [2.24, 2.45) is 0 Å². The van der Waals surface area contributed by atoms with Crippen LogP contribution in [0.25, 0.3) is 0 Å². The van der Waals surface area contributed by atoms with E-state index in [2.05, 4.69) is 20.9 Å². The van der Waals surface area contributed by atoms with Gasteiger partial charge in [0.1, 0.15) is 23.1 Å². The Morgan fingerprint density at radius 1 is 1.55 bits per heavy atom. The predicted molar refractivity (Wildman–Crippen MR) is 88.4 cm³/mol. The highest BCUT2D eigenvalue weighted by Crippen LogP contribution is 2.26. The number of hydrogen-bond acceptors (Lipinski definition) is 4. The van der Waals surface area contributed by atoms with Gasteiger partial charge < -0.3 is 14.4 Å². The first-order valence-corrected chi connectivity index (χ1v) is 8.37. The molecule has 122 valence electrons. The van der Waals surface area contributed by atoms with Crippen molar-refractivity contribution in [3.8, 4) is 5.75 Å². The van der Waals surface area contributed by atoms with Crippen molar-refractivity contribution < 1.29 is 14.3 Å². The third-order valence-corrected chi connectivity index (χ3v) is 4.35. The summed E-state index contributed by atoms with van der Waals surface area (Å²) in [4.78, 5) is 17.9. The van der Waals surface area contributed by atoms with Gasteiger partial charge in [-0.05, 0) is 55.6 Å². The molecule has 0 aromatic carbocycles. The van der Waals surface area contributed by atoms with E-state index in [1.54, 1.807) is 17.2 Å². The fourth-order valence-electron chi connectivity index (χ4n) is 2.24. The van der Waals surface area contributed by atoms with Crippen molar-refractivity contribution in [2.45, 2.75) is 45.3 Å². The zero-order chi connectivity index (χ0) is 16.3. The van der Waals surface area contributed by atoms with Gasteiger partial charge in [0.25, 0.3) is 0 Å². The molecule has 5 nitrogen and oxygen atoms in total. The maximum atomic E-state index is 12.2. The first-order chi connectivity index (χ1) is 10.3. The first kappa shape index (κ1) is 17.3. The van der Waals surface area contributed by atoms with Gasteiger partial charge in [0.15, 0.2) is 0 Å². The number of carbonyl (C=O) groups is 1. The van der Waals surface area contributed by atoms with E-state index in [0.717, 1.165) is 12.8 Å². The minimum atomic E-state index is -0.490. The average molecular weight is 392 g/mol. The zero-order valence-corrected chi connectivity index (χ0v) is 15.3. The van der Waals surface area contributed by atoms with E-state index in [4.69, 9.17) is 21.1 Å². The molecule has 0 unspecified atom stereocenters. The number of hydrogen-bond donors (Lipinski definition) is 0. The smallest absolute Gasteiger partial charge is 0.410 e. The fraction of sp³-hybridized carbons (Fsp3) is 0.600. The summed E-state index contributed by atoms with van der Waals surface area (Å²) >= 11 is 9.16. The van der Waals surface area contributed by atoms with Crippen molar-refractivity contribution in [3.63, 3.8) is 0 Å². The molecule has 1 aliphatic rings. The number of carbonyl (C=O) groups excluding carboxylic acids is 1. The molecule has 1 fully saturated rings. The highest BCUT2D eigenvalue weighted by atomic mass is 79.9. The lowest BCUT2D eigenvalue weighted by atomic mass is 10.2. The van der Waals surface area contributed by atoms with Crippen LogP contribution in [0.15, 0.2) is 16.7 Å². The number of likely N-dealkylation sites (tertiary alicyclic amines) is 1. The summed E-state index contributed by atoms with van der Waals surface area (Å²) in [7, 11) is 0. The van der Waals surface area contributed by atoms with Gasteiger partial charge >= 0.3 is 6.09 Å². The Balaban J connectivity index is 1.93. The van der Waals surface area contributed by atoms with Gasteiger partial charge in [0.05, 0.1) is 16.7 Å². The van der Waals surface area contributed by atoms with E-state index in [1.807, 2.05) is 20.8 Å². The number of halogens is 2. The number of aromatic nitrogens is 1. The van der Waals surface area contributed by atoms with Gasteiger partial charge in [-0.1, -0.05) is 11.6 Å². The maximum Gasteiger partial charge on any atom is 0.410 e. The number of nitrogens with zero attached hydrogens (tertiary/aromatic N) is 2. The lowest BCUT2D eigenvalue weighted by molar-refractivity contribution is 0.0187. The number of ether oxygens (including phenoxy) is 2. The summed E-state index contributed by atoms with van der Waals surface area (Å²) in [5, 5.41) is 0.392. The Morgan fingerprint density at radius 2 is 2.27 bits per heavy atom. The van der Waals surface area contributed by atoms with E-state index in [-0.39, 0.29) is 12.1 Å². The molecule has 2 heterocycles. The second-order valence-electron chi connectivity index (χ2n) is 6.22. The average Bonchev–Trinajstić information content (AvgIpc) is 2.87. The predicted octanol–water partition coefficient (Wildman–Crippen LogP) is 4.28. The van der Waals surface area contributed by atoms with Gasteiger partial charge in [-0.25, -0.2) is 9.78 Å². The molecule has 1 saturated heterocycles. The molecule has 0 aliphatic carbocycles. The summed E-state index contributed by atoms with van der Waals surface area (Å²) in [6, 6.07) is 1.78. The van der Waals surface area contributed by atoms with Gasteiger partial charge in [-0.3, -0.25) is 0 Å². The molecule has 7 heteroatoms. The molecule has 0 spiro atoms. The largest absolute Gasteiger partial charge is 0.490 e. The van der Waals surface area contributed by atoms with Crippen molar-refractivity contribution in [3.05, 3.63) is 21.9 Å². The van der Waals surface area contributed by atoms with Crippen LogP contribution in [0.5, 0.6) is 5.75 Å². The number of rotatable bonds is 3. The minimum Gasteiger partial charge on any atom is -0.490 e. The Kier molecular flexibility index (Phi) is 5.55. The third kappa shape index (κ3) is 4.74. The van der Waals surface area contributed by atoms with Crippen LogP contribution in [0.4, 0.5) is 4.79 Å². The normalized spacial score (nSPS) is 18.4. The second kappa shape index (κ2) is 7.04. The molecule has 0 saturated carbocycles. The van der Waals surface area contributed by atoms with E-state index in [9.17, 15) is 4.79 Å². The monoisotopic (exact) mass is 390 g/mol. The van der Waals surface area contributed by atoms with E-state index in [0.29, 0.717) is 28.5 Å². The van der Waals surface area contributed by atoms with Crippen LogP contribution in [-0.4, -0.2) is 40.8 Å². The van der Waals surface area contributed by atoms with Crippen LogP contribution in [-0.2, 0) is 4.74 Å². The molecule has 1 aliphatic heterocycles. The molecule has 0 N–H and O–H groups in total. The Bertz CT molecular complexity index is 548. The number of amides is 1. The lowest BCUT2D eigenvalue weighted by Crippen LogP contribution is -2.42. The second-order valence-corrected chi connectivity index (χ2v) is 7.44. The molecule has 0 radical (unpaired) electrons. The zero-order valence-electron chi connectivity index (χ0n) is 12.9. The van der Waals surface area contributed by atoms with Gasteiger partial charge in [0, 0.05) is 6.54 Å². The molecule has 1 amide bonds. The van der Waals surface area contributed by atoms with Gasteiger partial charge in [-0.2, -0.15) is 0 Å². The van der Waals surface area contributed by atoms with Crippen LogP contribution in [0.2, 0.25) is 5.15 Å². The SMILES string of the molecule is CC(C)(C)OC(=O)N1CCC[C@H]1COc1cnc(Cl)c(Br)c1. The quantitative estimate of drug-likeness (QED) is 0.722. The van der Waals surface area contributed by atoms with Crippen LogP contribution in [0.1, 0.15) is 33.6 Å². The molecule has 22 heavy (non-hydrogen) atoms. The molecular weight excluding hydrogens is 372 g/mol. The van der Waals surface area contributed by atoms with Crippen molar-refractivity contribution >= 4 is 33.6 Å². The fourth-order valence-corrected chi connectivity index (χ4v) is 2.68. The summed E-state index contributed by atoms with van der Waals surface area (Å²) < 4.78 is 11.9. The first-order valence-electron chi connectivity index (χ1n) is 7.20. The third-order valence-electron chi connectivity index (χ3n) is 3.22. The van der Waals surface area contributed by atoms with E-state index >= 15 is 0 Å². The molecular formula is C15H20BrClN2O3. The van der Waals surface area contributed by atoms with Crippen molar-refractivity contribution in [2.75, 3.05) is 13.2 Å². The molecule has 1 aromatic rings. The van der Waals surface area contributed by atoms with E-state index in [1.165, 1.54) is 0 Å². The standard InChI is InChI=1S/C15H20BrClN2O3/c1-15(2,3)22-14(20)19-6-4-5-10(19)9-21-11-7-12(16)13(17)18-8-11/h7-8,10H,4-6,9H2,1-3H3/t10-/m0/s1. The minimum absolute atomic E-state index is 0.0179. The highest BCUT2D eigenvalue weighted by Gasteiger charge is 2.32. The van der Waals surface area contributed by atoms with Crippen molar-refractivity contribution in [1.82, 2.24) is 9.88 Å². The van der Waals surface area contributed by atoms with Crippen LogP contribution < -0.4 is 4.74 Å². The number of pyridine rings is 1. The van der Waals surface area contributed by atoms with Crippen LogP contribution >= 0.6 is 27.5 Å². The summed E-state index contributed by atoms with van der Waals surface area (Å²) in [6.45, 7) is 6.71. The lowest BCUT2D eigenvalue weighted by Gasteiger charge is -2.28. The molecule has 1 atom stereocenters. The van der Waals surface area contributed by atoms with Crippen molar-refractivity contribution in [1.29, 1.82) is 0 Å². The molecule has 1 aromatic heterocycles. The Labute approximate surface area is 144 Å². The summed E-state index contributed by atoms with van der Waals surface area (Å²) in [6.07, 6.45) is 3.14. The molecule has 0 bridgehead atoms. The van der Waals surface area contributed by atoms with Gasteiger partial charge in [0.2, 0.25) is 0 Å². The maximum absolute atomic E-state index is 12.2. The van der Waals surface area contributed by atoms with Crippen LogP contribution in [0.3, 0.4) is 0 Å². The van der Waals surface area contributed by atoms with Gasteiger partial charge in [-0.15, -0.1) is 0 Å². The van der Waals surface area contributed by atoms with Crippen LogP contribution in [0, 0.1) is 0 Å². The Hall–Kier alpha value is -1.01. The van der Waals surface area contributed by atoms with E-state index < -0.39 is 5.60 Å². The summed E-state index contributed by atoms with van der Waals surface area (Å²) in [5.74, 6) is 0.618.